The van der Waals surface area contributed by atoms with Crippen molar-refractivity contribution in [3.63, 3.8) is 0 Å². The van der Waals surface area contributed by atoms with E-state index >= 15 is 0 Å². The summed E-state index contributed by atoms with van der Waals surface area (Å²) in [6.45, 7) is 4.28. The lowest BCUT2D eigenvalue weighted by molar-refractivity contribution is -0.122. The predicted octanol–water partition coefficient (Wildman–Crippen LogP) is 4.91. The van der Waals surface area contributed by atoms with Gasteiger partial charge in [0.1, 0.15) is 23.7 Å². The number of halogens is 1. The van der Waals surface area contributed by atoms with Crippen molar-refractivity contribution < 1.29 is 24.2 Å². The van der Waals surface area contributed by atoms with Gasteiger partial charge in [-0.1, -0.05) is 40.9 Å². The number of imide groups is 2. The molecule has 7 nitrogen and oxygen atoms in total. The summed E-state index contributed by atoms with van der Waals surface area (Å²) < 4.78 is 5.99. The van der Waals surface area contributed by atoms with Crippen LogP contribution in [-0.2, 0) is 16.2 Å². The first-order valence-corrected chi connectivity index (χ1v) is 10.8. The van der Waals surface area contributed by atoms with Crippen LogP contribution in [0.1, 0.15) is 22.3 Å². The summed E-state index contributed by atoms with van der Waals surface area (Å²) in [5.74, 6) is -1.24. The van der Waals surface area contributed by atoms with Gasteiger partial charge in [-0.2, -0.15) is 0 Å². The minimum atomic E-state index is -0.879. The lowest BCUT2D eigenvalue weighted by Crippen LogP contribution is -2.54. The molecular weight excluding hydrogens is 456 g/mol. The standard InChI is InChI=1S/C26H21ClN2O5/c1-15-9-16(2)11-17(10-15)14-34-23-8-3-19(27)12-18(23)13-22-24(31)28-26(33)29(25(22)32)20-4-6-21(30)7-5-20/h3-13,30H,14H2,1-2H3,(H,28,31,33)/b22-13+. The number of ether oxygens (including phenoxy) is 1. The van der Waals surface area contributed by atoms with E-state index in [4.69, 9.17) is 16.3 Å². The molecule has 2 N–H and O–H groups in total. The SMILES string of the molecule is Cc1cc(C)cc(COc2ccc(Cl)cc2/C=C2\C(=O)NC(=O)N(c3ccc(O)cc3)C2=O)c1. The molecule has 0 unspecified atom stereocenters. The topological polar surface area (TPSA) is 95.9 Å². The molecule has 1 saturated heterocycles. The molecule has 4 amide bonds. The minimum absolute atomic E-state index is 0.0232. The highest BCUT2D eigenvalue weighted by Crippen LogP contribution is 2.29. The predicted molar refractivity (Wildman–Crippen MR) is 129 cm³/mol. The summed E-state index contributed by atoms with van der Waals surface area (Å²) in [4.78, 5) is 38.9. The van der Waals surface area contributed by atoms with Crippen molar-refractivity contribution in [3.05, 3.63) is 93.5 Å². The van der Waals surface area contributed by atoms with Crippen LogP contribution in [0.5, 0.6) is 11.5 Å². The van der Waals surface area contributed by atoms with E-state index in [9.17, 15) is 19.5 Å². The summed E-state index contributed by atoms with van der Waals surface area (Å²) in [6.07, 6.45) is 1.35. The Hall–Kier alpha value is -4.10. The van der Waals surface area contributed by atoms with Crippen LogP contribution in [0.25, 0.3) is 6.08 Å². The fourth-order valence-electron chi connectivity index (χ4n) is 3.73. The largest absolute Gasteiger partial charge is 0.508 e. The number of benzene rings is 3. The molecule has 34 heavy (non-hydrogen) atoms. The monoisotopic (exact) mass is 476 g/mol. The van der Waals surface area contributed by atoms with Gasteiger partial charge in [0, 0.05) is 10.6 Å². The molecule has 172 valence electrons. The molecule has 1 aliphatic rings. The fourth-order valence-corrected chi connectivity index (χ4v) is 3.91. The zero-order chi connectivity index (χ0) is 24.4. The number of hydrogen-bond donors (Lipinski definition) is 2. The van der Waals surface area contributed by atoms with Gasteiger partial charge in [0.05, 0.1) is 5.69 Å². The highest BCUT2D eigenvalue weighted by Gasteiger charge is 2.37. The Balaban J connectivity index is 1.67. The van der Waals surface area contributed by atoms with E-state index in [1.807, 2.05) is 26.0 Å². The third-order valence-corrected chi connectivity index (χ3v) is 5.39. The lowest BCUT2D eigenvalue weighted by atomic mass is 10.1. The number of carbonyl (C=O) groups excluding carboxylic acids is 3. The molecule has 3 aromatic rings. The van der Waals surface area contributed by atoms with E-state index in [1.165, 1.54) is 30.3 Å². The third kappa shape index (κ3) is 4.94. The van der Waals surface area contributed by atoms with Gasteiger partial charge in [0.2, 0.25) is 0 Å². The first-order chi connectivity index (χ1) is 16.2. The van der Waals surface area contributed by atoms with Gasteiger partial charge in [-0.25, -0.2) is 9.69 Å². The van der Waals surface area contributed by atoms with Crippen LogP contribution < -0.4 is 15.0 Å². The van der Waals surface area contributed by atoms with Crippen molar-refractivity contribution >= 4 is 41.2 Å². The Bertz CT molecular complexity index is 1310. The van der Waals surface area contributed by atoms with E-state index in [0.717, 1.165) is 21.6 Å². The molecule has 1 fully saturated rings. The molecule has 1 heterocycles. The Morgan fingerprint density at radius 2 is 1.65 bits per heavy atom. The van der Waals surface area contributed by atoms with Gasteiger partial charge >= 0.3 is 6.03 Å². The number of hydrogen-bond acceptors (Lipinski definition) is 5. The Kier molecular flexibility index (Phi) is 6.38. The van der Waals surface area contributed by atoms with Gasteiger partial charge in [-0.15, -0.1) is 0 Å². The van der Waals surface area contributed by atoms with Crippen molar-refractivity contribution in [2.45, 2.75) is 20.5 Å². The Morgan fingerprint density at radius 3 is 2.32 bits per heavy atom. The van der Waals surface area contributed by atoms with Gasteiger partial charge in [-0.05, 0) is 68.0 Å². The maximum Gasteiger partial charge on any atom is 0.335 e. The number of nitrogens with one attached hydrogen (secondary N) is 1. The number of carbonyl (C=O) groups is 3. The highest BCUT2D eigenvalue weighted by molar-refractivity contribution is 6.39. The van der Waals surface area contributed by atoms with Gasteiger partial charge in [0.25, 0.3) is 11.8 Å². The smallest absolute Gasteiger partial charge is 0.335 e. The Labute approximate surface area is 201 Å². The summed E-state index contributed by atoms with van der Waals surface area (Å²) in [7, 11) is 0. The molecule has 0 aliphatic carbocycles. The molecule has 3 aromatic carbocycles. The zero-order valence-corrected chi connectivity index (χ0v) is 19.2. The number of rotatable bonds is 5. The molecule has 4 rings (SSSR count). The van der Waals surface area contributed by atoms with Crippen LogP contribution >= 0.6 is 11.6 Å². The number of phenolic OH excluding ortho intramolecular Hbond substituents is 1. The number of anilines is 1. The molecule has 0 spiro atoms. The average molecular weight is 477 g/mol. The lowest BCUT2D eigenvalue weighted by Gasteiger charge is -2.26. The van der Waals surface area contributed by atoms with E-state index in [2.05, 4.69) is 11.4 Å². The van der Waals surface area contributed by atoms with Gasteiger partial charge in [0.15, 0.2) is 0 Å². The normalized spacial score (nSPS) is 15.0. The molecule has 0 aromatic heterocycles. The van der Waals surface area contributed by atoms with Crippen molar-refractivity contribution in [2.24, 2.45) is 0 Å². The maximum absolute atomic E-state index is 13.1. The van der Waals surface area contributed by atoms with Gasteiger partial charge in [-0.3, -0.25) is 14.9 Å². The molecule has 0 atom stereocenters. The second-order valence-electron chi connectivity index (χ2n) is 7.94. The number of amides is 4. The summed E-state index contributed by atoms with van der Waals surface area (Å²) in [6, 6.07) is 15.6. The van der Waals surface area contributed by atoms with E-state index < -0.39 is 17.8 Å². The van der Waals surface area contributed by atoms with Gasteiger partial charge < -0.3 is 9.84 Å². The zero-order valence-electron chi connectivity index (χ0n) is 18.5. The number of aromatic hydroxyl groups is 1. The van der Waals surface area contributed by atoms with Crippen LogP contribution in [0, 0.1) is 13.8 Å². The van der Waals surface area contributed by atoms with Crippen molar-refractivity contribution in [2.75, 3.05) is 4.90 Å². The average Bonchev–Trinajstić information content (AvgIpc) is 2.76. The van der Waals surface area contributed by atoms with Crippen LogP contribution in [0.2, 0.25) is 5.02 Å². The Morgan fingerprint density at radius 1 is 0.971 bits per heavy atom. The first-order valence-electron chi connectivity index (χ1n) is 10.4. The molecular formula is C26H21ClN2O5. The number of phenols is 1. The van der Waals surface area contributed by atoms with E-state index in [1.54, 1.807) is 18.2 Å². The molecule has 0 bridgehead atoms. The maximum atomic E-state index is 13.1. The van der Waals surface area contributed by atoms with Crippen molar-refractivity contribution in [1.29, 1.82) is 0 Å². The third-order valence-electron chi connectivity index (χ3n) is 5.16. The summed E-state index contributed by atoms with van der Waals surface area (Å²) >= 11 is 6.17. The van der Waals surface area contributed by atoms with Crippen LogP contribution in [0.4, 0.5) is 10.5 Å². The number of barbiturate groups is 1. The number of aryl methyl sites for hydroxylation is 2. The fraction of sp³-hybridized carbons (Fsp3) is 0.115. The van der Waals surface area contributed by atoms with Crippen LogP contribution in [0.15, 0.2) is 66.2 Å². The number of nitrogens with zero attached hydrogens (tertiary/aromatic N) is 1. The van der Waals surface area contributed by atoms with E-state index in [-0.39, 0.29) is 23.6 Å². The quantitative estimate of drug-likeness (QED) is 0.403. The first kappa shape index (κ1) is 23.1. The molecule has 8 heteroatoms. The second-order valence-corrected chi connectivity index (χ2v) is 8.38. The van der Waals surface area contributed by atoms with Crippen LogP contribution in [-0.4, -0.2) is 23.0 Å². The van der Waals surface area contributed by atoms with Crippen molar-refractivity contribution in [1.82, 2.24) is 5.32 Å². The molecule has 0 radical (unpaired) electrons. The van der Waals surface area contributed by atoms with Crippen LogP contribution in [0.3, 0.4) is 0 Å². The summed E-state index contributed by atoms with van der Waals surface area (Å²) in [5.41, 5.74) is 3.56. The van der Waals surface area contributed by atoms with E-state index in [0.29, 0.717) is 16.3 Å². The van der Waals surface area contributed by atoms with Crippen molar-refractivity contribution in [3.8, 4) is 11.5 Å². The molecule has 0 saturated carbocycles. The number of urea groups is 1. The molecule has 1 aliphatic heterocycles. The summed E-state index contributed by atoms with van der Waals surface area (Å²) in [5, 5.41) is 12.1. The minimum Gasteiger partial charge on any atom is -0.508 e. The second kappa shape index (κ2) is 9.41. The highest BCUT2D eigenvalue weighted by atomic mass is 35.5.